The molecule has 1 aromatic rings. The lowest BCUT2D eigenvalue weighted by atomic mass is 10.2. The Morgan fingerprint density at radius 1 is 1.50 bits per heavy atom. The van der Waals surface area contributed by atoms with E-state index >= 15 is 0 Å². The summed E-state index contributed by atoms with van der Waals surface area (Å²) in [5, 5.41) is 7.51. The first-order valence-corrected chi connectivity index (χ1v) is 7.17. The van der Waals surface area contributed by atoms with Gasteiger partial charge in [0.05, 0.1) is 23.9 Å². The number of ether oxygens (including phenoxy) is 1. The fourth-order valence-electron chi connectivity index (χ4n) is 2.24. The van der Waals surface area contributed by atoms with Crippen LogP contribution in [0.4, 0.5) is 0 Å². The Kier molecular flexibility index (Phi) is 5.01. The topological polar surface area (TPSA) is 59.4 Å². The van der Waals surface area contributed by atoms with Gasteiger partial charge in [0, 0.05) is 32.7 Å². The third kappa shape index (κ3) is 3.50. The van der Waals surface area contributed by atoms with E-state index in [-0.39, 0.29) is 11.9 Å². The van der Waals surface area contributed by atoms with Gasteiger partial charge in [-0.3, -0.25) is 14.4 Å². The summed E-state index contributed by atoms with van der Waals surface area (Å²) in [6, 6.07) is 0.0407. The van der Waals surface area contributed by atoms with E-state index in [4.69, 9.17) is 16.3 Å². The van der Waals surface area contributed by atoms with Gasteiger partial charge >= 0.3 is 0 Å². The predicted molar refractivity (Wildman–Crippen MR) is 77.1 cm³/mol. The number of hydrogen-bond donors (Lipinski definition) is 1. The molecule has 1 aliphatic rings. The number of aryl methyl sites for hydroxylation is 1. The molecule has 0 spiro atoms. The van der Waals surface area contributed by atoms with Crippen molar-refractivity contribution in [3.8, 4) is 0 Å². The van der Waals surface area contributed by atoms with Gasteiger partial charge in [-0.15, -0.1) is 0 Å². The van der Waals surface area contributed by atoms with Gasteiger partial charge in [0.15, 0.2) is 5.69 Å². The predicted octanol–water partition coefficient (Wildman–Crippen LogP) is 0.832. The van der Waals surface area contributed by atoms with Crippen molar-refractivity contribution in [2.45, 2.75) is 19.9 Å². The third-order valence-corrected chi connectivity index (χ3v) is 3.94. The number of carbonyl (C=O) groups is 1. The number of nitrogens with zero attached hydrogens (tertiary/aromatic N) is 3. The molecule has 0 bridgehead atoms. The van der Waals surface area contributed by atoms with Crippen molar-refractivity contribution in [3.63, 3.8) is 0 Å². The normalized spacial score (nSPS) is 18.0. The zero-order valence-electron chi connectivity index (χ0n) is 12.1. The van der Waals surface area contributed by atoms with Crippen molar-refractivity contribution in [2.24, 2.45) is 7.05 Å². The molecule has 0 radical (unpaired) electrons. The summed E-state index contributed by atoms with van der Waals surface area (Å²) in [4.78, 5) is 14.4. The van der Waals surface area contributed by atoms with Crippen molar-refractivity contribution in [3.05, 3.63) is 16.4 Å². The van der Waals surface area contributed by atoms with Gasteiger partial charge in [0.2, 0.25) is 0 Å². The first-order valence-electron chi connectivity index (χ1n) is 6.79. The van der Waals surface area contributed by atoms with E-state index in [1.165, 1.54) is 0 Å². The van der Waals surface area contributed by atoms with Gasteiger partial charge in [-0.1, -0.05) is 11.6 Å². The van der Waals surface area contributed by atoms with E-state index in [0.29, 0.717) is 10.7 Å². The summed E-state index contributed by atoms with van der Waals surface area (Å²) in [5.41, 5.74) is 1.08. The maximum absolute atomic E-state index is 12.2. The maximum atomic E-state index is 12.2. The molecule has 1 aliphatic heterocycles. The molecule has 0 unspecified atom stereocenters. The van der Waals surface area contributed by atoms with Crippen LogP contribution in [0.15, 0.2) is 0 Å². The monoisotopic (exact) mass is 300 g/mol. The Bertz CT molecular complexity index is 483. The average Bonchev–Trinajstić information content (AvgIpc) is 2.67. The lowest BCUT2D eigenvalue weighted by Crippen LogP contribution is -2.46. The number of halogens is 1. The Balaban J connectivity index is 1.91. The smallest absolute Gasteiger partial charge is 0.273 e. The maximum Gasteiger partial charge on any atom is 0.273 e. The molecule has 1 atom stereocenters. The van der Waals surface area contributed by atoms with Crippen LogP contribution < -0.4 is 5.32 Å². The van der Waals surface area contributed by atoms with Gasteiger partial charge < -0.3 is 10.1 Å². The SMILES string of the molecule is Cc1c(Cl)c(C(=O)N[C@H](C)CN2CCOCC2)nn1C. The number of rotatable bonds is 4. The molecule has 2 rings (SSSR count). The van der Waals surface area contributed by atoms with E-state index in [0.717, 1.165) is 38.5 Å². The number of aromatic nitrogens is 2. The molecule has 112 valence electrons. The molecule has 1 amide bonds. The van der Waals surface area contributed by atoms with Crippen LogP contribution in [0.25, 0.3) is 0 Å². The largest absolute Gasteiger partial charge is 0.379 e. The van der Waals surface area contributed by atoms with Crippen LogP contribution in [-0.2, 0) is 11.8 Å². The molecule has 1 saturated heterocycles. The van der Waals surface area contributed by atoms with E-state index in [9.17, 15) is 4.79 Å². The first-order chi connectivity index (χ1) is 9.49. The highest BCUT2D eigenvalue weighted by Crippen LogP contribution is 2.19. The molecule has 0 saturated carbocycles. The molecule has 1 aromatic heterocycles. The van der Waals surface area contributed by atoms with Crippen LogP contribution in [0.5, 0.6) is 0 Å². The molecule has 1 N–H and O–H groups in total. The van der Waals surface area contributed by atoms with Crippen molar-refractivity contribution in [2.75, 3.05) is 32.8 Å². The molecular weight excluding hydrogens is 280 g/mol. The summed E-state index contributed by atoms with van der Waals surface area (Å²) in [7, 11) is 1.77. The Labute approximate surface area is 124 Å². The van der Waals surface area contributed by atoms with Crippen LogP contribution in [0, 0.1) is 6.92 Å². The molecular formula is C13H21ClN4O2. The standard InChI is InChI=1S/C13H21ClN4O2/c1-9(8-18-4-6-20-7-5-18)15-13(19)12-11(14)10(2)17(3)16-12/h9H,4-8H2,1-3H3,(H,15,19)/t9-/m1/s1. The minimum atomic E-state index is -0.223. The van der Waals surface area contributed by atoms with Gasteiger partial charge in [-0.25, -0.2) is 0 Å². The van der Waals surface area contributed by atoms with Crippen molar-refractivity contribution in [1.29, 1.82) is 0 Å². The number of nitrogens with one attached hydrogen (secondary N) is 1. The quantitative estimate of drug-likeness (QED) is 0.895. The zero-order valence-corrected chi connectivity index (χ0v) is 12.9. The van der Waals surface area contributed by atoms with E-state index in [1.807, 2.05) is 13.8 Å². The van der Waals surface area contributed by atoms with Crippen molar-refractivity contribution >= 4 is 17.5 Å². The summed E-state index contributed by atoms with van der Waals surface area (Å²) >= 11 is 6.11. The lowest BCUT2D eigenvalue weighted by molar-refractivity contribution is 0.0342. The highest BCUT2D eigenvalue weighted by molar-refractivity contribution is 6.34. The molecule has 2 heterocycles. The molecule has 7 heteroatoms. The van der Waals surface area contributed by atoms with Crippen LogP contribution in [0.3, 0.4) is 0 Å². The second kappa shape index (κ2) is 6.56. The number of morpholine rings is 1. The molecule has 6 nitrogen and oxygen atoms in total. The molecule has 0 aromatic carbocycles. The average molecular weight is 301 g/mol. The van der Waals surface area contributed by atoms with Gasteiger partial charge in [-0.05, 0) is 13.8 Å². The fraction of sp³-hybridized carbons (Fsp3) is 0.692. The first kappa shape index (κ1) is 15.3. The van der Waals surface area contributed by atoms with Gasteiger partial charge in [-0.2, -0.15) is 5.10 Å². The lowest BCUT2D eigenvalue weighted by Gasteiger charge is -2.29. The fourth-order valence-corrected chi connectivity index (χ4v) is 2.48. The van der Waals surface area contributed by atoms with E-state index < -0.39 is 0 Å². The van der Waals surface area contributed by atoms with Gasteiger partial charge in [0.1, 0.15) is 0 Å². The van der Waals surface area contributed by atoms with E-state index in [1.54, 1.807) is 11.7 Å². The number of carbonyl (C=O) groups excluding carboxylic acids is 1. The van der Waals surface area contributed by atoms with Crippen LogP contribution in [0.2, 0.25) is 5.02 Å². The summed E-state index contributed by atoms with van der Waals surface area (Å²) in [6.07, 6.45) is 0. The minimum absolute atomic E-state index is 0.0407. The molecule has 20 heavy (non-hydrogen) atoms. The van der Waals surface area contributed by atoms with Crippen LogP contribution in [0.1, 0.15) is 23.1 Å². The van der Waals surface area contributed by atoms with Crippen LogP contribution >= 0.6 is 11.6 Å². The zero-order chi connectivity index (χ0) is 14.7. The van der Waals surface area contributed by atoms with Crippen LogP contribution in [-0.4, -0.2) is 59.5 Å². The third-order valence-electron chi connectivity index (χ3n) is 3.49. The van der Waals surface area contributed by atoms with E-state index in [2.05, 4.69) is 15.3 Å². The summed E-state index contributed by atoms with van der Waals surface area (Å²) in [6.45, 7) is 7.95. The Morgan fingerprint density at radius 2 is 2.15 bits per heavy atom. The Morgan fingerprint density at radius 3 is 2.70 bits per heavy atom. The summed E-state index contributed by atoms with van der Waals surface area (Å²) in [5.74, 6) is -0.223. The molecule has 1 fully saturated rings. The second-order valence-electron chi connectivity index (χ2n) is 5.16. The Hall–Kier alpha value is -1.11. The number of amides is 1. The van der Waals surface area contributed by atoms with Gasteiger partial charge in [0.25, 0.3) is 5.91 Å². The summed E-state index contributed by atoms with van der Waals surface area (Å²) < 4.78 is 6.92. The molecule has 0 aliphatic carbocycles. The van der Waals surface area contributed by atoms with Crippen molar-refractivity contribution < 1.29 is 9.53 Å². The van der Waals surface area contributed by atoms with Crippen molar-refractivity contribution in [1.82, 2.24) is 20.0 Å². The highest BCUT2D eigenvalue weighted by atomic mass is 35.5. The number of hydrogen-bond acceptors (Lipinski definition) is 4. The second-order valence-corrected chi connectivity index (χ2v) is 5.54. The minimum Gasteiger partial charge on any atom is -0.379 e. The highest BCUT2D eigenvalue weighted by Gasteiger charge is 2.21.